The van der Waals surface area contributed by atoms with E-state index >= 15 is 0 Å². The molecule has 0 aliphatic heterocycles. The molecule has 1 aromatic carbocycles. The Labute approximate surface area is 82.7 Å². The quantitative estimate of drug-likeness (QED) is 0.581. The third-order valence-corrected chi connectivity index (χ3v) is 1.50. The van der Waals surface area contributed by atoms with Crippen molar-refractivity contribution in [3.8, 4) is 5.75 Å². The Morgan fingerprint density at radius 3 is 2.43 bits per heavy atom. The summed E-state index contributed by atoms with van der Waals surface area (Å²) in [6.45, 7) is 0. The topological polar surface area (TPSA) is 32.6 Å². The Balaban J connectivity index is 3.27. The predicted octanol–water partition coefficient (Wildman–Crippen LogP) is 3.15. The van der Waals surface area contributed by atoms with Gasteiger partial charge < -0.3 is 5.11 Å². The number of alkyl halides is 3. The maximum Gasteiger partial charge on any atom is 0.416 e. The molecule has 0 saturated carbocycles. The molecular formula is C8H4F3NOS. The molecular weight excluding hydrogens is 215 g/mol. The Hall–Kier alpha value is -1.39. The van der Waals surface area contributed by atoms with E-state index in [-0.39, 0.29) is 5.69 Å². The van der Waals surface area contributed by atoms with Gasteiger partial charge in [-0.05, 0) is 24.4 Å². The lowest BCUT2D eigenvalue weighted by atomic mass is 10.2. The summed E-state index contributed by atoms with van der Waals surface area (Å²) >= 11 is 4.23. The number of phenols is 1. The number of halogens is 3. The molecule has 0 bridgehead atoms. The van der Waals surface area contributed by atoms with E-state index in [1.165, 1.54) is 0 Å². The van der Waals surface area contributed by atoms with Crippen molar-refractivity contribution in [2.24, 2.45) is 4.99 Å². The number of rotatable bonds is 1. The van der Waals surface area contributed by atoms with E-state index in [0.29, 0.717) is 6.07 Å². The number of hydrogen-bond acceptors (Lipinski definition) is 3. The molecule has 0 atom stereocenters. The summed E-state index contributed by atoms with van der Waals surface area (Å²) in [7, 11) is 0. The molecule has 1 aromatic rings. The number of isothiocyanates is 1. The smallest absolute Gasteiger partial charge is 0.416 e. The summed E-state index contributed by atoms with van der Waals surface area (Å²) in [5.41, 5.74) is -1.05. The van der Waals surface area contributed by atoms with E-state index in [0.717, 1.165) is 12.1 Å². The van der Waals surface area contributed by atoms with Crippen molar-refractivity contribution in [2.75, 3.05) is 0 Å². The fourth-order valence-corrected chi connectivity index (χ4v) is 0.981. The van der Waals surface area contributed by atoms with Crippen LogP contribution in [0.3, 0.4) is 0 Å². The molecule has 0 fully saturated rings. The van der Waals surface area contributed by atoms with E-state index in [9.17, 15) is 13.2 Å². The van der Waals surface area contributed by atoms with Crippen LogP contribution in [0.5, 0.6) is 5.75 Å². The maximum atomic E-state index is 12.2. The average Bonchev–Trinajstić information content (AvgIpc) is 2.02. The van der Waals surface area contributed by atoms with Crippen molar-refractivity contribution in [1.82, 2.24) is 0 Å². The van der Waals surface area contributed by atoms with Gasteiger partial charge in [-0.1, -0.05) is 0 Å². The average molecular weight is 219 g/mol. The van der Waals surface area contributed by atoms with E-state index in [2.05, 4.69) is 17.2 Å². The summed E-state index contributed by atoms with van der Waals surface area (Å²) in [5.74, 6) is -0.510. The standard InChI is InChI=1S/C8H4F3NOS/c9-8(10,11)5-1-6(12-4-14)3-7(13)2-5/h1-3,13H. The molecule has 14 heavy (non-hydrogen) atoms. The molecule has 0 aliphatic carbocycles. The number of hydrogen-bond donors (Lipinski definition) is 1. The summed E-state index contributed by atoms with van der Waals surface area (Å²) in [6, 6.07) is 2.45. The molecule has 2 nitrogen and oxygen atoms in total. The molecule has 6 heteroatoms. The second-order valence-electron chi connectivity index (χ2n) is 2.44. The van der Waals surface area contributed by atoms with Crippen molar-refractivity contribution in [3.05, 3.63) is 23.8 Å². The Bertz CT molecular complexity index is 396. The minimum atomic E-state index is -4.51. The molecule has 1 rings (SSSR count). The van der Waals surface area contributed by atoms with Gasteiger partial charge in [-0.25, -0.2) is 0 Å². The molecule has 0 unspecified atom stereocenters. The number of thiocarbonyl (C=S) groups is 1. The van der Waals surface area contributed by atoms with Gasteiger partial charge in [0.05, 0.1) is 16.4 Å². The molecule has 74 valence electrons. The molecule has 0 heterocycles. The maximum absolute atomic E-state index is 12.2. The van der Waals surface area contributed by atoms with Gasteiger partial charge in [0.25, 0.3) is 0 Å². The van der Waals surface area contributed by atoms with Gasteiger partial charge in [0.15, 0.2) is 0 Å². The number of nitrogens with zero attached hydrogens (tertiary/aromatic N) is 1. The zero-order valence-electron chi connectivity index (χ0n) is 6.67. The van der Waals surface area contributed by atoms with Crippen molar-refractivity contribution in [1.29, 1.82) is 0 Å². The van der Waals surface area contributed by atoms with Gasteiger partial charge in [0.2, 0.25) is 0 Å². The van der Waals surface area contributed by atoms with Crippen molar-refractivity contribution >= 4 is 23.1 Å². The van der Waals surface area contributed by atoms with Crippen LogP contribution in [-0.4, -0.2) is 10.3 Å². The van der Waals surface area contributed by atoms with Crippen LogP contribution in [0.1, 0.15) is 5.56 Å². The van der Waals surface area contributed by atoms with Gasteiger partial charge >= 0.3 is 6.18 Å². The molecule has 0 aliphatic rings. The van der Waals surface area contributed by atoms with E-state index in [4.69, 9.17) is 5.11 Å². The monoisotopic (exact) mass is 219 g/mol. The second kappa shape index (κ2) is 3.77. The highest BCUT2D eigenvalue weighted by molar-refractivity contribution is 7.78. The number of aromatic hydroxyl groups is 1. The van der Waals surface area contributed by atoms with Crippen LogP contribution in [0.2, 0.25) is 0 Å². The molecule has 0 saturated heterocycles. The first-order valence-electron chi connectivity index (χ1n) is 3.42. The molecule has 0 amide bonds. The molecule has 1 N–H and O–H groups in total. The van der Waals surface area contributed by atoms with Crippen LogP contribution in [0, 0.1) is 0 Å². The summed E-state index contributed by atoms with van der Waals surface area (Å²) in [6.07, 6.45) is -4.51. The largest absolute Gasteiger partial charge is 0.508 e. The number of aliphatic imine (C=N–C) groups is 1. The van der Waals surface area contributed by atoms with Crippen LogP contribution in [0.25, 0.3) is 0 Å². The summed E-state index contributed by atoms with van der Waals surface area (Å²) in [5, 5.41) is 10.9. The van der Waals surface area contributed by atoms with Crippen LogP contribution in [-0.2, 0) is 6.18 Å². The van der Waals surface area contributed by atoms with Crippen LogP contribution < -0.4 is 0 Å². The Morgan fingerprint density at radius 1 is 1.29 bits per heavy atom. The minimum Gasteiger partial charge on any atom is -0.508 e. The minimum absolute atomic E-state index is 0.0766. The van der Waals surface area contributed by atoms with Crippen LogP contribution >= 0.6 is 12.2 Å². The number of phenolic OH excluding ortho intramolecular Hbond substituents is 1. The van der Waals surface area contributed by atoms with Gasteiger partial charge in [-0.3, -0.25) is 0 Å². The predicted molar refractivity (Wildman–Crippen MR) is 47.8 cm³/mol. The second-order valence-corrected chi connectivity index (χ2v) is 2.62. The lowest BCUT2D eigenvalue weighted by Crippen LogP contribution is -2.03. The van der Waals surface area contributed by atoms with E-state index in [1.807, 2.05) is 5.16 Å². The van der Waals surface area contributed by atoms with E-state index < -0.39 is 17.5 Å². The third-order valence-electron chi connectivity index (χ3n) is 1.40. The summed E-state index contributed by atoms with van der Waals surface area (Å²) < 4.78 is 36.6. The van der Waals surface area contributed by atoms with Crippen molar-refractivity contribution in [2.45, 2.75) is 6.18 Å². The molecule has 0 radical (unpaired) electrons. The Morgan fingerprint density at radius 2 is 1.93 bits per heavy atom. The zero-order chi connectivity index (χ0) is 10.8. The fraction of sp³-hybridized carbons (Fsp3) is 0.125. The van der Waals surface area contributed by atoms with Crippen molar-refractivity contribution < 1.29 is 18.3 Å². The van der Waals surface area contributed by atoms with Gasteiger partial charge in [0.1, 0.15) is 5.75 Å². The summed E-state index contributed by atoms with van der Waals surface area (Å²) in [4.78, 5) is 3.35. The highest BCUT2D eigenvalue weighted by Gasteiger charge is 2.31. The Kier molecular flexibility index (Phi) is 2.88. The normalized spacial score (nSPS) is 10.8. The zero-order valence-corrected chi connectivity index (χ0v) is 7.49. The van der Waals surface area contributed by atoms with Crippen molar-refractivity contribution in [3.63, 3.8) is 0 Å². The lowest BCUT2D eigenvalue weighted by Gasteiger charge is -2.07. The first-order chi connectivity index (χ1) is 6.43. The highest BCUT2D eigenvalue weighted by atomic mass is 32.1. The molecule has 0 spiro atoms. The fourth-order valence-electron chi connectivity index (χ4n) is 0.876. The molecule has 0 aromatic heterocycles. The van der Waals surface area contributed by atoms with Gasteiger partial charge in [0, 0.05) is 6.07 Å². The SMILES string of the molecule is Oc1cc(N=C=S)cc(C(F)(F)F)c1. The number of benzene rings is 1. The van der Waals surface area contributed by atoms with Gasteiger partial charge in [-0.15, -0.1) is 0 Å². The first kappa shape index (κ1) is 10.7. The van der Waals surface area contributed by atoms with Gasteiger partial charge in [-0.2, -0.15) is 18.2 Å². The first-order valence-corrected chi connectivity index (χ1v) is 3.83. The van der Waals surface area contributed by atoms with E-state index in [1.54, 1.807) is 0 Å². The van der Waals surface area contributed by atoms with Crippen LogP contribution in [0.4, 0.5) is 18.9 Å². The lowest BCUT2D eigenvalue weighted by molar-refractivity contribution is -0.137. The highest BCUT2D eigenvalue weighted by Crippen LogP contribution is 2.34. The van der Waals surface area contributed by atoms with Crippen LogP contribution in [0.15, 0.2) is 23.2 Å². The third kappa shape index (κ3) is 2.55.